The average molecular weight is 344 g/mol. The predicted octanol–water partition coefficient (Wildman–Crippen LogP) is 2.71. The lowest BCUT2D eigenvalue weighted by atomic mass is 9.99. The molecule has 1 fully saturated rings. The first kappa shape index (κ1) is 17.9. The number of rotatable bonds is 5. The fourth-order valence-electron chi connectivity index (χ4n) is 3.35. The van der Waals surface area contributed by atoms with Gasteiger partial charge in [-0.1, -0.05) is 0 Å². The van der Waals surface area contributed by atoms with Crippen molar-refractivity contribution in [2.24, 2.45) is 5.92 Å². The number of anilines is 2. The van der Waals surface area contributed by atoms with Gasteiger partial charge in [0.05, 0.1) is 11.8 Å². The lowest BCUT2D eigenvalue weighted by Crippen LogP contribution is -2.37. The van der Waals surface area contributed by atoms with Crippen LogP contribution in [0, 0.1) is 5.92 Å². The van der Waals surface area contributed by atoms with E-state index in [0.29, 0.717) is 11.6 Å². The molecule has 0 radical (unpaired) electrons. The zero-order valence-electron chi connectivity index (χ0n) is 15.2. The first-order valence-corrected chi connectivity index (χ1v) is 9.09. The Bertz CT molecular complexity index is 733. The topological polar surface area (TPSA) is 81.5 Å². The molecule has 0 saturated carbocycles. The highest BCUT2D eigenvalue weighted by Gasteiger charge is 2.21. The smallest absolute Gasteiger partial charge is 0.134 e. The Hall–Kier alpha value is -1.92. The minimum Gasteiger partial charge on any atom is -0.396 e. The molecule has 0 amide bonds. The lowest BCUT2D eigenvalue weighted by molar-refractivity contribution is 0.194. The van der Waals surface area contributed by atoms with Crippen LogP contribution in [0.5, 0.6) is 0 Å². The van der Waals surface area contributed by atoms with Gasteiger partial charge in [-0.05, 0) is 51.7 Å². The summed E-state index contributed by atoms with van der Waals surface area (Å²) in [6.07, 6.45) is 3.37. The number of aromatic nitrogens is 2. The Balaban J connectivity index is 2.01. The van der Waals surface area contributed by atoms with Crippen LogP contribution in [0.4, 0.5) is 11.6 Å². The Morgan fingerprint density at radius 1 is 1.32 bits per heavy atom. The van der Waals surface area contributed by atoms with Gasteiger partial charge in [-0.2, -0.15) is 0 Å². The molecule has 25 heavy (non-hydrogen) atoms. The molecule has 1 aliphatic heterocycles. The molecule has 3 rings (SSSR count). The van der Waals surface area contributed by atoms with E-state index in [1.54, 1.807) is 6.92 Å². The number of piperidine rings is 1. The minimum atomic E-state index is -0.621. The maximum absolute atomic E-state index is 9.91. The van der Waals surface area contributed by atoms with Crippen molar-refractivity contribution in [3.8, 4) is 0 Å². The number of nitrogens with zero attached hydrogens (tertiary/aromatic N) is 3. The maximum Gasteiger partial charge on any atom is 0.134 e. The van der Waals surface area contributed by atoms with E-state index in [9.17, 15) is 10.2 Å². The second kappa shape index (κ2) is 7.54. The first-order chi connectivity index (χ1) is 12.0. The second-order valence-electron chi connectivity index (χ2n) is 7.27. The minimum absolute atomic E-state index is 0.226. The molecule has 1 aliphatic rings. The highest BCUT2D eigenvalue weighted by Crippen LogP contribution is 2.30. The summed E-state index contributed by atoms with van der Waals surface area (Å²) in [5, 5.41) is 24.7. The molecule has 1 saturated heterocycles. The Morgan fingerprint density at radius 2 is 2.12 bits per heavy atom. The fourth-order valence-corrected chi connectivity index (χ4v) is 3.35. The predicted molar refractivity (Wildman–Crippen MR) is 101 cm³/mol. The number of aliphatic hydroxyl groups excluding tert-OH is 2. The van der Waals surface area contributed by atoms with Crippen LogP contribution < -0.4 is 10.2 Å². The molecule has 0 aliphatic carbocycles. The molecular formula is C19H28N4O2. The average Bonchev–Trinajstić information content (AvgIpc) is 2.60. The molecule has 2 aromatic rings. The summed E-state index contributed by atoms with van der Waals surface area (Å²) < 4.78 is 0. The molecule has 0 bridgehead atoms. The zero-order chi connectivity index (χ0) is 18.0. The van der Waals surface area contributed by atoms with Crippen molar-refractivity contribution in [3.63, 3.8) is 0 Å². The number of fused-ring (bicyclic) bond motifs is 1. The molecule has 0 spiro atoms. The van der Waals surface area contributed by atoms with Crippen molar-refractivity contribution in [1.29, 1.82) is 0 Å². The molecule has 3 N–H and O–H groups in total. The summed E-state index contributed by atoms with van der Waals surface area (Å²) in [7, 11) is 0. The Kier molecular flexibility index (Phi) is 5.39. The van der Waals surface area contributed by atoms with Gasteiger partial charge < -0.3 is 20.4 Å². The van der Waals surface area contributed by atoms with E-state index >= 15 is 0 Å². The molecule has 0 unspecified atom stereocenters. The maximum atomic E-state index is 9.91. The third-order valence-electron chi connectivity index (χ3n) is 4.67. The van der Waals surface area contributed by atoms with Crippen LogP contribution in [-0.4, -0.2) is 45.9 Å². The fraction of sp³-hybridized carbons (Fsp3) is 0.579. The van der Waals surface area contributed by atoms with Crippen LogP contribution in [0.15, 0.2) is 18.3 Å². The molecule has 6 heteroatoms. The zero-order valence-corrected chi connectivity index (χ0v) is 15.2. The van der Waals surface area contributed by atoms with E-state index in [1.165, 1.54) is 0 Å². The number of pyridine rings is 2. The number of hydrogen-bond acceptors (Lipinski definition) is 6. The van der Waals surface area contributed by atoms with Crippen molar-refractivity contribution in [2.45, 2.75) is 45.8 Å². The number of hydrogen-bond donors (Lipinski definition) is 3. The van der Waals surface area contributed by atoms with Gasteiger partial charge in [-0.15, -0.1) is 0 Å². The van der Waals surface area contributed by atoms with E-state index < -0.39 is 6.10 Å². The molecular weight excluding hydrogens is 316 g/mol. The molecule has 6 nitrogen and oxygen atoms in total. The largest absolute Gasteiger partial charge is 0.396 e. The molecule has 3 heterocycles. The number of aliphatic hydroxyl groups is 2. The van der Waals surface area contributed by atoms with Gasteiger partial charge in [0.25, 0.3) is 0 Å². The Morgan fingerprint density at radius 3 is 2.80 bits per heavy atom. The highest BCUT2D eigenvalue weighted by atomic mass is 16.3. The summed E-state index contributed by atoms with van der Waals surface area (Å²) in [5.74, 6) is 2.02. The summed E-state index contributed by atoms with van der Waals surface area (Å²) in [4.78, 5) is 11.5. The molecule has 2 aromatic heterocycles. The van der Waals surface area contributed by atoms with Crippen LogP contribution in [0.25, 0.3) is 10.8 Å². The van der Waals surface area contributed by atoms with E-state index in [-0.39, 0.29) is 12.6 Å². The van der Waals surface area contributed by atoms with Gasteiger partial charge in [-0.25, -0.2) is 9.97 Å². The van der Waals surface area contributed by atoms with E-state index in [4.69, 9.17) is 0 Å². The van der Waals surface area contributed by atoms with Gasteiger partial charge >= 0.3 is 0 Å². The van der Waals surface area contributed by atoms with Crippen molar-refractivity contribution < 1.29 is 10.2 Å². The molecule has 2 atom stereocenters. The van der Waals surface area contributed by atoms with Gasteiger partial charge in [0.15, 0.2) is 0 Å². The van der Waals surface area contributed by atoms with Gasteiger partial charge in [0, 0.05) is 42.7 Å². The standard InChI is InChI=1S/C19H28N4O2/c1-12(2)21-19-16-8-18(23-6-4-5-14(10-23)11-24)20-9-15(16)7-17(22-19)13(3)25/h7-9,12-14,24-25H,4-6,10-11H2,1-3H3,(H,21,22)/t13-,14-/m1/s1. The summed E-state index contributed by atoms with van der Waals surface area (Å²) >= 11 is 0. The van der Waals surface area contributed by atoms with Crippen molar-refractivity contribution in [2.75, 3.05) is 29.9 Å². The first-order valence-electron chi connectivity index (χ1n) is 9.09. The lowest BCUT2D eigenvalue weighted by Gasteiger charge is -2.33. The SMILES string of the molecule is CC(C)Nc1nc([C@@H](C)O)cc2cnc(N3CCC[C@@H](CO)C3)cc12. The summed E-state index contributed by atoms with van der Waals surface area (Å²) in [6, 6.07) is 4.21. The van der Waals surface area contributed by atoms with Crippen LogP contribution >= 0.6 is 0 Å². The third kappa shape index (κ3) is 4.02. The van der Waals surface area contributed by atoms with Gasteiger partial charge in [0.2, 0.25) is 0 Å². The second-order valence-corrected chi connectivity index (χ2v) is 7.27. The quantitative estimate of drug-likeness (QED) is 0.774. The van der Waals surface area contributed by atoms with E-state index in [0.717, 1.165) is 48.3 Å². The summed E-state index contributed by atoms with van der Waals surface area (Å²) in [6.45, 7) is 7.88. The van der Waals surface area contributed by atoms with Crippen LogP contribution in [-0.2, 0) is 0 Å². The normalized spacial score (nSPS) is 19.4. The monoisotopic (exact) mass is 344 g/mol. The highest BCUT2D eigenvalue weighted by molar-refractivity contribution is 5.93. The van der Waals surface area contributed by atoms with Gasteiger partial charge in [0.1, 0.15) is 11.6 Å². The summed E-state index contributed by atoms with van der Waals surface area (Å²) in [5.41, 5.74) is 0.642. The third-order valence-corrected chi connectivity index (χ3v) is 4.67. The molecule has 136 valence electrons. The molecule has 0 aromatic carbocycles. The Labute approximate surface area is 148 Å². The van der Waals surface area contributed by atoms with Gasteiger partial charge in [-0.3, -0.25) is 0 Å². The number of nitrogens with one attached hydrogen (secondary N) is 1. The van der Waals surface area contributed by atoms with E-state index in [1.807, 2.05) is 12.3 Å². The van der Waals surface area contributed by atoms with Crippen LogP contribution in [0.1, 0.15) is 45.4 Å². The van der Waals surface area contributed by atoms with E-state index in [2.05, 4.69) is 40.1 Å². The van der Waals surface area contributed by atoms with Crippen molar-refractivity contribution in [3.05, 3.63) is 24.0 Å². The van der Waals surface area contributed by atoms with Crippen molar-refractivity contribution in [1.82, 2.24) is 9.97 Å². The van der Waals surface area contributed by atoms with Crippen LogP contribution in [0.2, 0.25) is 0 Å². The van der Waals surface area contributed by atoms with Crippen LogP contribution in [0.3, 0.4) is 0 Å². The van der Waals surface area contributed by atoms with Crippen molar-refractivity contribution >= 4 is 22.4 Å².